The van der Waals surface area contributed by atoms with Gasteiger partial charge in [0, 0.05) is 43.2 Å². The highest BCUT2D eigenvalue weighted by Crippen LogP contribution is 2.38. The molecule has 0 aliphatic carbocycles. The fraction of sp³-hybridized carbons (Fsp3) is 0.538. The quantitative estimate of drug-likeness (QED) is 0.564. The van der Waals surface area contributed by atoms with Gasteiger partial charge >= 0.3 is 0 Å². The highest BCUT2D eigenvalue weighted by atomic mass is 32.1. The monoisotopic (exact) mass is 447 g/mol. The van der Waals surface area contributed by atoms with Crippen LogP contribution in [0.25, 0.3) is 21.3 Å². The molecule has 6 heteroatoms. The largest absolute Gasteiger partial charge is 0.356 e. The van der Waals surface area contributed by atoms with Crippen LogP contribution in [-0.2, 0) is 0 Å². The fourth-order valence-electron chi connectivity index (χ4n) is 6.00. The summed E-state index contributed by atoms with van der Waals surface area (Å²) in [6.07, 6.45) is 8.46. The normalized spacial score (nSPS) is 23.5. The van der Waals surface area contributed by atoms with E-state index in [1.165, 1.54) is 81.3 Å². The molecule has 0 saturated carbocycles. The summed E-state index contributed by atoms with van der Waals surface area (Å²) in [6, 6.07) is 11.5. The fourth-order valence-corrected chi connectivity index (χ4v) is 6.92. The van der Waals surface area contributed by atoms with E-state index >= 15 is 0 Å². The summed E-state index contributed by atoms with van der Waals surface area (Å²) in [5.41, 5.74) is 2.53. The van der Waals surface area contributed by atoms with Crippen molar-refractivity contribution in [2.24, 2.45) is 5.92 Å². The van der Waals surface area contributed by atoms with Gasteiger partial charge in [-0.25, -0.2) is 9.97 Å². The maximum Gasteiger partial charge on any atom is 0.141 e. The molecule has 1 atom stereocenters. The van der Waals surface area contributed by atoms with Crippen molar-refractivity contribution in [2.75, 3.05) is 50.7 Å². The Hall–Kier alpha value is -2.02. The second-order valence-electron chi connectivity index (χ2n) is 9.77. The highest BCUT2D eigenvalue weighted by molar-refractivity contribution is 7.17. The molecule has 1 unspecified atom stereocenters. The lowest BCUT2D eigenvalue weighted by molar-refractivity contribution is 0.208. The number of thiophene rings is 1. The van der Waals surface area contributed by atoms with Crippen LogP contribution in [0.4, 0.5) is 5.82 Å². The first kappa shape index (κ1) is 20.6. The summed E-state index contributed by atoms with van der Waals surface area (Å²) in [6.45, 7) is 8.74. The number of likely N-dealkylation sites (tertiary alicyclic amines) is 2. The molecule has 3 saturated heterocycles. The number of hydrogen-bond donors (Lipinski definition) is 0. The SMILES string of the molecule is c1ccc(-c2csc3ncnc(N4CCC(CN5CCC(N6CCCC6)C5)CC4)c23)cc1. The lowest BCUT2D eigenvalue weighted by atomic mass is 9.96. The van der Waals surface area contributed by atoms with Crippen LogP contribution in [0.2, 0.25) is 0 Å². The molecule has 2 aromatic heterocycles. The van der Waals surface area contributed by atoms with Gasteiger partial charge < -0.3 is 9.80 Å². The summed E-state index contributed by atoms with van der Waals surface area (Å²) in [7, 11) is 0. The van der Waals surface area contributed by atoms with Crippen LogP contribution in [0.3, 0.4) is 0 Å². The van der Waals surface area contributed by atoms with Crippen molar-refractivity contribution in [2.45, 2.75) is 38.1 Å². The summed E-state index contributed by atoms with van der Waals surface area (Å²) < 4.78 is 0. The highest BCUT2D eigenvalue weighted by Gasteiger charge is 2.31. The predicted octanol–water partition coefficient (Wildman–Crippen LogP) is 4.74. The number of fused-ring (bicyclic) bond motifs is 1. The Morgan fingerprint density at radius 3 is 2.53 bits per heavy atom. The van der Waals surface area contributed by atoms with Gasteiger partial charge in [0.25, 0.3) is 0 Å². The number of nitrogens with zero attached hydrogens (tertiary/aromatic N) is 5. The molecule has 0 radical (unpaired) electrons. The van der Waals surface area contributed by atoms with Gasteiger partial charge in [-0.05, 0) is 63.2 Å². The van der Waals surface area contributed by atoms with Gasteiger partial charge in [-0.3, -0.25) is 4.90 Å². The molecule has 0 N–H and O–H groups in total. The number of piperidine rings is 1. The Kier molecular flexibility index (Phi) is 5.84. The molecular weight excluding hydrogens is 414 g/mol. The molecule has 5 nitrogen and oxygen atoms in total. The van der Waals surface area contributed by atoms with E-state index in [4.69, 9.17) is 4.98 Å². The van der Waals surface area contributed by atoms with E-state index < -0.39 is 0 Å². The molecule has 3 fully saturated rings. The summed E-state index contributed by atoms with van der Waals surface area (Å²) in [5.74, 6) is 1.95. The molecule has 3 aliphatic rings. The van der Waals surface area contributed by atoms with E-state index in [1.54, 1.807) is 17.7 Å². The molecule has 3 aromatic rings. The molecule has 3 aliphatic heterocycles. The van der Waals surface area contributed by atoms with E-state index in [2.05, 4.69) is 55.4 Å². The third kappa shape index (κ3) is 4.04. The Balaban J connectivity index is 1.12. The van der Waals surface area contributed by atoms with Crippen molar-refractivity contribution in [3.05, 3.63) is 42.0 Å². The molecule has 32 heavy (non-hydrogen) atoms. The van der Waals surface area contributed by atoms with Gasteiger partial charge in [0.15, 0.2) is 0 Å². The topological polar surface area (TPSA) is 35.5 Å². The molecule has 1 aromatic carbocycles. The molecule has 0 spiro atoms. The van der Waals surface area contributed by atoms with E-state index in [0.717, 1.165) is 35.7 Å². The third-order valence-corrected chi connectivity index (χ3v) is 8.66. The zero-order valence-electron chi connectivity index (χ0n) is 18.8. The van der Waals surface area contributed by atoms with Gasteiger partial charge in [-0.2, -0.15) is 0 Å². The number of benzene rings is 1. The molecular formula is C26H33N5S. The van der Waals surface area contributed by atoms with Gasteiger partial charge in [-0.15, -0.1) is 11.3 Å². The lowest BCUT2D eigenvalue weighted by Gasteiger charge is -2.35. The first-order valence-corrected chi connectivity index (χ1v) is 13.2. The average molecular weight is 448 g/mol. The van der Waals surface area contributed by atoms with Crippen molar-refractivity contribution in [1.29, 1.82) is 0 Å². The van der Waals surface area contributed by atoms with Gasteiger partial charge in [-0.1, -0.05) is 30.3 Å². The number of anilines is 1. The summed E-state index contributed by atoms with van der Waals surface area (Å²) in [5, 5.41) is 3.48. The number of rotatable bonds is 5. The van der Waals surface area contributed by atoms with Crippen LogP contribution in [0, 0.1) is 5.92 Å². The van der Waals surface area contributed by atoms with Crippen LogP contribution in [0.1, 0.15) is 32.1 Å². The lowest BCUT2D eigenvalue weighted by Crippen LogP contribution is -2.40. The zero-order valence-corrected chi connectivity index (χ0v) is 19.6. The maximum atomic E-state index is 4.78. The Labute approximate surface area is 195 Å². The Morgan fingerprint density at radius 1 is 0.906 bits per heavy atom. The minimum absolute atomic E-state index is 0.817. The van der Waals surface area contributed by atoms with Crippen LogP contribution in [0.5, 0.6) is 0 Å². The first-order valence-electron chi connectivity index (χ1n) is 12.3. The summed E-state index contributed by atoms with van der Waals surface area (Å²) >= 11 is 1.73. The van der Waals surface area contributed by atoms with Crippen molar-refractivity contribution >= 4 is 27.4 Å². The Bertz CT molecular complexity index is 1040. The first-order chi connectivity index (χ1) is 15.8. The van der Waals surface area contributed by atoms with Crippen molar-refractivity contribution in [1.82, 2.24) is 19.8 Å². The molecule has 168 valence electrons. The smallest absolute Gasteiger partial charge is 0.141 e. The van der Waals surface area contributed by atoms with E-state index in [9.17, 15) is 0 Å². The Morgan fingerprint density at radius 2 is 1.72 bits per heavy atom. The van der Waals surface area contributed by atoms with Crippen molar-refractivity contribution in [3.8, 4) is 11.1 Å². The molecule has 6 rings (SSSR count). The predicted molar refractivity (Wildman–Crippen MR) is 133 cm³/mol. The van der Waals surface area contributed by atoms with Gasteiger partial charge in [0.2, 0.25) is 0 Å². The zero-order chi connectivity index (χ0) is 21.3. The third-order valence-electron chi connectivity index (χ3n) is 7.77. The summed E-state index contributed by atoms with van der Waals surface area (Å²) in [4.78, 5) is 18.5. The standard InChI is InChI=1S/C26H33N5S/c1-2-6-21(7-3-1)23-18-32-26-24(23)25(27-19-28-26)31-14-8-20(9-15-31)16-29-13-10-22(17-29)30-11-4-5-12-30/h1-3,6-7,18-20,22H,4-5,8-17H2. The number of hydrogen-bond acceptors (Lipinski definition) is 6. The minimum atomic E-state index is 0.817. The maximum absolute atomic E-state index is 4.78. The van der Waals surface area contributed by atoms with Crippen molar-refractivity contribution in [3.63, 3.8) is 0 Å². The van der Waals surface area contributed by atoms with Gasteiger partial charge in [0.1, 0.15) is 17.0 Å². The van der Waals surface area contributed by atoms with Crippen LogP contribution >= 0.6 is 11.3 Å². The van der Waals surface area contributed by atoms with Crippen LogP contribution < -0.4 is 4.90 Å². The average Bonchev–Trinajstić information content (AvgIpc) is 3.60. The van der Waals surface area contributed by atoms with Gasteiger partial charge in [0.05, 0.1) is 5.39 Å². The second-order valence-corrected chi connectivity index (χ2v) is 10.6. The van der Waals surface area contributed by atoms with Crippen LogP contribution in [-0.4, -0.2) is 71.6 Å². The molecule has 0 bridgehead atoms. The van der Waals surface area contributed by atoms with Crippen LogP contribution in [0.15, 0.2) is 42.0 Å². The second kappa shape index (κ2) is 9.08. The molecule has 0 amide bonds. The van der Waals surface area contributed by atoms with E-state index in [-0.39, 0.29) is 0 Å². The molecule has 5 heterocycles. The minimum Gasteiger partial charge on any atom is -0.356 e. The number of aromatic nitrogens is 2. The van der Waals surface area contributed by atoms with E-state index in [0.29, 0.717) is 0 Å². The van der Waals surface area contributed by atoms with Crippen molar-refractivity contribution < 1.29 is 0 Å². The van der Waals surface area contributed by atoms with E-state index in [1.807, 2.05) is 0 Å².